The molecule has 2 aromatic rings. The van der Waals surface area contributed by atoms with Gasteiger partial charge in [0.1, 0.15) is 0 Å². The van der Waals surface area contributed by atoms with Crippen molar-refractivity contribution >= 4 is 17.4 Å². The lowest BCUT2D eigenvalue weighted by Crippen LogP contribution is -2.38. The van der Waals surface area contributed by atoms with Crippen molar-refractivity contribution < 1.29 is 4.79 Å². The number of hydrogen-bond acceptors (Lipinski definition) is 3. The second-order valence-electron chi connectivity index (χ2n) is 5.18. The van der Waals surface area contributed by atoms with Crippen molar-refractivity contribution in [2.45, 2.75) is 39.8 Å². The molecule has 0 aliphatic heterocycles. The molecule has 2 amide bonds. The lowest BCUT2D eigenvalue weighted by molar-refractivity contribution is 0.234. The van der Waals surface area contributed by atoms with Gasteiger partial charge < -0.3 is 10.6 Å². The maximum Gasteiger partial charge on any atom is 0.315 e. The van der Waals surface area contributed by atoms with E-state index >= 15 is 0 Å². The third kappa shape index (κ3) is 4.04. The molecule has 0 radical (unpaired) electrons. The van der Waals surface area contributed by atoms with Crippen LogP contribution in [0.4, 0.5) is 4.79 Å². The summed E-state index contributed by atoms with van der Waals surface area (Å²) in [5.74, 6) is 0. The van der Waals surface area contributed by atoms with E-state index in [-0.39, 0.29) is 18.1 Å². The van der Waals surface area contributed by atoms with E-state index in [0.29, 0.717) is 0 Å². The first kappa shape index (κ1) is 15.5. The number of aromatic nitrogens is 1. The van der Waals surface area contributed by atoms with Gasteiger partial charge in [-0.15, -0.1) is 11.3 Å². The number of carbonyl (C=O) groups excluding carboxylic acids is 1. The Kier molecular flexibility index (Phi) is 4.96. The standard InChI is InChI=1S/C16H21N3OS/c1-10-9-14(13(4)21-10)11(2)18-16(20)19-12(3)15-7-5-6-8-17-15/h5-9,11-12H,1-4H3,(H2,18,19,20)/t11-,12-/m0/s1. The summed E-state index contributed by atoms with van der Waals surface area (Å²) in [6.45, 7) is 8.09. The summed E-state index contributed by atoms with van der Waals surface area (Å²) in [4.78, 5) is 18.8. The molecule has 0 unspecified atom stereocenters. The summed E-state index contributed by atoms with van der Waals surface area (Å²) in [5.41, 5.74) is 2.03. The summed E-state index contributed by atoms with van der Waals surface area (Å²) in [5, 5.41) is 5.89. The number of thiophene rings is 1. The summed E-state index contributed by atoms with van der Waals surface area (Å²) in [6, 6.07) is 7.51. The molecule has 0 saturated carbocycles. The number of carbonyl (C=O) groups is 1. The number of aryl methyl sites for hydroxylation is 2. The van der Waals surface area contributed by atoms with Crippen LogP contribution in [0.2, 0.25) is 0 Å². The Bertz CT molecular complexity index is 609. The van der Waals surface area contributed by atoms with Gasteiger partial charge in [0, 0.05) is 16.0 Å². The fourth-order valence-corrected chi connectivity index (χ4v) is 3.32. The van der Waals surface area contributed by atoms with E-state index in [4.69, 9.17) is 0 Å². The minimum Gasteiger partial charge on any atom is -0.332 e. The van der Waals surface area contributed by atoms with Crippen LogP contribution < -0.4 is 10.6 Å². The van der Waals surface area contributed by atoms with Gasteiger partial charge in [-0.25, -0.2) is 4.79 Å². The van der Waals surface area contributed by atoms with Crippen molar-refractivity contribution in [1.29, 1.82) is 0 Å². The average molecular weight is 303 g/mol. The number of amides is 2. The highest BCUT2D eigenvalue weighted by Crippen LogP contribution is 2.26. The zero-order valence-corrected chi connectivity index (χ0v) is 13.6. The Morgan fingerprint density at radius 2 is 1.90 bits per heavy atom. The third-order valence-corrected chi connectivity index (χ3v) is 4.35. The molecule has 0 aliphatic rings. The highest BCUT2D eigenvalue weighted by molar-refractivity contribution is 7.12. The molecule has 21 heavy (non-hydrogen) atoms. The second-order valence-corrected chi connectivity index (χ2v) is 6.64. The van der Waals surface area contributed by atoms with Crippen molar-refractivity contribution in [3.8, 4) is 0 Å². The topological polar surface area (TPSA) is 54.0 Å². The molecule has 2 heterocycles. The predicted octanol–water partition coefficient (Wildman–Crippen LogP) is 3.88. The van der Waals surface area contributed by atoms with Gasteiger partial charge in [0.15, 0.2) is 0 Å². The molecule has 0 fully saturated rings. The molecule has 0 saturated heterocycles. The molecule has 0 spiro atoms. The number of nitrogens with zero attached hydrogens (tertiary/aromatic N) is 1. The van der Waals surface area contributed by atoms with Crippen molar-refractivity contribution in [1.82, 2.24) is 15.6 Å². The first-order valence-electron chi connectivity index (χ1n) is 7.02. The molecule has 0 bridgehead atoms. The number of pyridine rings is 1. The quantitative estimate of drug-likeness (QED) is 0.900. The molecule has 0 aliphatic carbocycles. The predicted molar refractivity (Wildman–Crippen MR) is 86.5 cm³/mol. The number of rotatable bonds is 4. The minimum atomic E-state index is -0.177. The zero-order chi connectivity index (χ0) is 15.4. The highest BCUT2D eigenvalue weighted by atomic mass is 32.1. The smallest absolute Gasteiger partial charge is 0.315 e. The molecular weight excluding hydrogens is 282 g/mol. The summed E-state index contributed by atoms with van der Waals surface area (Å²) >= 11 is 1.75. The Morgan fingerprint density at radius 1 is 1.19 bits per heavy atom. The van der Waals surface area contributed by atoms with Gasteiger partial charge in [-0.1, -0.05) is 6.07 Å². The second kappa shape index (κ2) is 6.72. The van der Waals surface area contributed by atoms with Gasteiger partial charge in [0.25, 0.3) is 0 Å². The number of hydrogen-bond donors (Lipinski definition) is 2. The van der Waals surface area contributed by atoms with Crippen molar-refractivity contribution in [3.05, 3.63) is 51.5 Å². The molecule has 112 valence electrons. The molecule has 0 aromatic carbocycles. The van der Waals surface area contributed by atoms with Crippen LogP contribution in [0.25, 0.3) is 0 Å². The lowest BCUT2D eigenvalue weighted by Gasteiger charge is -2.18. The summed E-state index contributed by atoms with van der Waals surface area (Å²) in [7, 11) is 0. The monoisotopic (exact) mass is 303 g/mol. The van der Waals surface area contributed by atoms with Crippen LogP contribution in [0, 0.1) is 13.8 Å². The van der Waals surface area contributed by atoms with Gasteiger partial charge >= 0.3 is 6.03 Å². The first-order valence-corrected chi connectivity index (χ1v) is 7.84. The number of nitrogens with one attached hydrogen (secondary N) is 2. The molecular formula is C16H21N3OS. The van der Waals surface area contributed by atoms with E-state index in [1.165, 1.54) is 15.3 Å². The largest absolute Gasteiger partial charge is 0.332 e. The van der Waals surface area contributed by atoms with Crippen LogP contribution in [-0.2, 0) is 0 Å². The van der Waals surface area contributed by atoms with Crippen molar-refractivity contribution in [2.24, 2.45) is 0 Å². The molecule has 2 atom stereocenters. The van der Waals surface area contributed by atoms with E-state index in [1.807, 2.05) is 32.0 Å². The average Bonchev–Trinajstić information content (AvgIpc) is 2.78. The summed E-state index contributed by atoms with van der Waals surface area (Å²) in [6.07, 6.45) is 1.73. The van der Waals surface area contributed by atoms with Crippen LogP contribution in [-0.4, -0.2) is 11.0 Å². The molecule has 2 aromatic heterocycles. The fourth-order valence-electron chi connectivity index (χ4n) is 2.30. The number of urea groups is 1. The SMILES string of the molecule is Cc1cc([C@H](C)NC(=O)N[C@@H](C)c2ccccn2)c(C)s1. The maximum atomic E-state index is 12.1. The van der Waals surface area contributed by atoms with Crippen LogP contribution >= 0.6 is 11.3 Å². The van der Waals surface area contributed by atoms with Crippen LogP contribution in [0.5, 0.6) is 0 Å². The molecule has 2 N–H and O–H groups in total. The van der Waals surface area contributed by atoms with Gasteiger partial charge in [-0.3, -0.25) is 4.98 Å². The Labute approximate surface area is 129 Å². The van der Waals surface area contributed by atoms with E-state index in [0.717, 1.165) is 5.69 Å². The van der Waals surface area contributed by atoms with Crippen LogP contribution in [0.3, 0.4) is 0 Å². The van der Waals surface area contributed by atoms with Gasteiger partial charge in [-0.05, 0) is 51.5 Å². The Hall–Kier alpha value is -1.88. The normalized spacial score (nSPS) is 13.5. The molecule has 5 heteroatoms. The van der Waals surface area contributed by atoms with E-state index in [2.05, 4.69) is 35.5 Å². The van der Waals surface area contributed by atoms with Gasteiger partial charge in [0.2, 0.25) is 0 Å². The Morgan fingerprint density at radius 3 is 2.48 bits per heavy atom. The van der Waals surface area contributed by atoms with E-state index < -0.39 is 0 Å². The van der Waals surface area contributed by atoms with E-state index in [1.54, 1.807) is 17.5 Å². The van der Waals surface area contributed by atoms with Gasteiger partial charge in [0.05, 0.1) is 17.8 Å². The first-order chi connectivity index (χ1) is 9.97. The Balaban J connectivity index is 1.94. The van der Waals surface area contributed by atoms with Crippen molar-refractivity contribution in [3.63, 3.8) is 0 Å². The van der Waals surface area contributed by atoms with Gasteiger partial charge in [-0.2, -0.15) is 0 Å². The van der Waals surface area contributed by atoms with Crippen LogP contribution in [0.1, 0.15) is 46.9 Å². The highest BCUT2D eigenvalue weighted by Gasteiger charge is 2.15. The minimum absolute atomic E-state index is 0.00844. The third-order valence-electron chi connectivity index (χ3n) is 3.37. The molecule has 2 rings (SSSR count). The molecule has 4 nitrogen and oxygen atoms in total. The van der Waals surface area contributed by atoms with E-state index in [9.17, 15) is 4.79 Å². The fraction of sp³-hybridized carbons (Fsp3) is 0.375. The lowest BCUT2D eigenvalue weighted by atomic mass is 10.1. The van der Waals surface area contributed by atoms with Crippen molar-refractivity contribution in [2.75, 3.05) is 0 Å². The van der Waals surface area contributed by atoms with Crippen LogP contribution in [0.15, 0.2) is 30.5 Å². The zero-order valence-electron chi connectivity index (χ0n) is 12.8. The maximum absolute atomic E-state index is 12.1. The summed E-state index contributed by atoms with van der Waals surface area (Å²) < 4.78 is 0.